The van der Waals surface area contributed by atoms with E-state index in [2.05, 4.69) is 9.97 Å². The predicted octanol–water partition coefficient (Wildman–Crippen LogP) is 2.96. The van der Waals surface area contributed by atoms with Crippen LogP contribution < -0.4 is 5.73 Å². The van der Waals surface area contributed by atoms with Gasteiger partial charge in [-0.25, -0.2) is 18.4 Å². The lowest BCUT2D eigenvalue weighted by Crippen LogP contribution is -2.57. The molecule has 3 heterocycles. The molecule has 1 fully saturated rings. The first-order valence-corrected chi connectivity index (χ1v) is 13.4. The molecule has 10 nitrogen and oxygen atoms in total. The van der Waals surface area contributed by atoms with Crippen LogP contribution in [0.15, 0.2) is 53.0 Å². The fraction of sp³-hybridized carbons (Fsp3) is 0.217. The summed E-state index contributed by atoms with van der Waals surface area (Å²) in [7, 11) is -4.03. The van der Waals surface area contributed by atoms with Crippen molar-refractivity contribution in [3.63, 3.8) is 0 Å². The van der Waals surface area contributed by atoms with Crippen LogP contribution in [-0.2, 0) is 26.2 Å². The number of rotatable bonds is 6. The number of halogens is 1. The molecule has 1 atom stereocenters. The summed E-state index contributed by atoms with van der Waals surface area (Å²) in [4.78, 5) is 34.4. The van der Waals surface area contributed by atoms with E-state index in [1.54, 1.807) is 36.4 Å². The second kappa shape index (κ2) is 9.28. The number of carbonyl (C=O) groups is 2. The normalized spacial score (nSPS) is 17.2. The maximum atomic E-state index is 13.4. The summed E-state index contributed by atoms with van der Waals surface area (Å²) in [6.07, 6.45) is 0.938. The zero-order valence-corrected chi connectivity index (χ0v) is 21.1. The number of amides is 1. The van der Waals surface area contributed by atoms with E-state index in [9.17, 15) is 23.1 Å². The molecule has 0 radical (unpaired) electrons. The van der Waals surface area contributed by atoms with E-state index in [0.717, 1.165) is 21.0 Å². The van der Waals surface area contributed by atoms with Crippen LogP contribution >= 0.6 is 22.9 Å². The van der Waals surface area contributed by atoms with Gasteiger partial charge in [-0.1, -0.05) is 23.7 Å². The van der Waals surface area contributed by atoms with E-state index in [0.29, 0.717) is 32.0 Å². The lowest BCUT2D eigenvalue weighted by atomic mass is 10.1. The number of carboxylic acids is 1. The smallest absolute Gasteiger partial charge is 0.305 e. The van der Waals surface area contributed by atoms with Gasteiger partial charge >= 0.3 is 5.97 Å². The number of benzene rings is 2. The van der Waals surface area contributed by atoms with Crippen molar-refractivity contribution in [2.75, 3.05) is 18.8 Å². The molecule has 2 aromatic carbocycles. The van der Waals surface area contributed by atoms with Crippen LogP contribution in [0, 0.1) is 0 Å². The molecule has 13 heteroatoms. The van der Waals surface area contributed by atoms with Crippen molar-refractivity contribution in [1.82, 2.24) is 19.2 Å². The van der Waals surface area contributed by atoms with Crippen LogP contribution in [0.3, 0.4) is 0 Å². The highest BCUT2D eigenvalue weighted by Gasteiger charge is 2.40. The molecule has 0 spiro atoms. The van der Waals surface area contributed by atoms with E-state index >= 15 is 0 Å². The van der Waals surface area contributed by atoms with Crippen LogP contribution in [0.25, 0.3) is 21.0 Å². The van der Waals surface area contributed by atoms with Gasteiger partial charge in [-0.15, -0.1) is 11.3 Å². The number of nitrogens with zero attached hydrogens (tertiary/aromatic N) is 4. The van der Waals surface area contributed by atoms with E-state index in [1.165, 1.54) is 17.3 Å². The van der Waals surface area contributed by atoms with Crippen molar-refractivity contribution >= 4 is 71.6 Å². The van der Waals surface area contributed by atoms with Gasteiger partial charge < -0.3 is 15.7 Å². The van der Waals surface area contributed by atoms with Crippen LogP contribution in [0.4, 0.5) is 5.82 Å². The van der Waals surface area contributed by atoms with Crippen LogP contribution in [0.2, 0.25) is 5.02 Å². The molecule has 3 N–H and O–H groups in total. The van der Waals surface area contributed by atoms with Crippen molar-refractivity contribution in [3.05, 3.63) is 59.4 Å². The fourth-order valence-electron chi connectivity index (χ4n) is 4.27. The molecule has 1 aliphatic heterocycles. The van der Waals surface area contributed by atoms with E-state index in [-0.39, 0.29) is 17.3 Å². The molecule has 186 valence electrons. The van der Waals surface area contributed by atoms with E-state index in [4.69, 9.17) is 17.3 Å². The SMILES string of the molecule is Nc1ncnc2cc(CN3C(=O)CN(S(=O)(=O)c4cc5ccc(Cl)cc5s4)CC3CC(=O)O)ccc12. The largest absolute Gasteiger partial charge is 0.481 e. The van der Waals surface area contributed by atoms with Crippen molar-refractivity contribution in [1.29, 1.82) is 0 Å². The highest BCUT2D eigenvalue weighted by atomic mass is 35.5. The molecule has 4 aromatic rings. The number of aliphatic carboxylic acids is 1. The summed E-state index contributed by atoms with van der Waals surface area (Å²) in [5, 5.41) is 11.4. The fourth-order valence-corrected chi connectivity index (χ4v) is 7.53. The summed E-state index contributed by atoms with van der Waals surface area (Å²) in [5.74, 6) is -1.29. The van der Waals surface area contributed by atoms with Gasteiger partial charge in [0.25, 0.3) is 10.0 Å². The topological polar surface area (TPSA) is 147 Å². The summed E-state index contributed by atoms with van der Waals surface area (Å²) in [6, 6.07) is 11.0. The Morgan fingerprint density at radius 2 is 2.00 bits per heavy atom. The molecule has 1 aliphatic rings. The number of sulfonamides is 1. The average molecular weight is 546 g/mol. The van der Waals surface area contributed by atoms with Gasteiger partial charge in [-0.2, -0.15) is 4.31 Å². The number of carbonyl (C=O) groups excluding carboxylic acids is 1. The first-order chi connectivity index (χ1) is 17.1. The first-order valence-electron chi connectivity index (χ1n) is 10.8. The summed E-state index contributed by atoms with van der Waals surface area (Å²) >= 11 is 7.08. The van der Waals surface area contributed by atoms with Gasteiger partial charge in [0.05, 0.1) is 24.5 Å². The Balaban J connectivity index is 1.43. The number of carboxylic acid groups (broad SMARTS) is 1. The average Bonchev–Trinajstić information content (AvgIpc) is 3.25. The monoisotopic (exact) mass is 545 g/mol. The Hall–Kier alpha value is -3.32. The second-order valence-corrected chi connectivity index (χ2v) is 12.1. The number of piperazine rings is 1. The van der Waals surface area contributed by atoms with E-state index < -0.39 is 40.9 Å². The number of thiophene rings is 1. The molecule has 0 saturated carbocycles. The highest BCUT2D eigenvalue weighted by molar-refractivity contribution is 7.91. The minimum atomic E-state index is -4.03. The highest BCUT2D eigenvalue weighted by Crippen LogP contribution is 2.34. The van der Waals surface area contributed by atoms with E-state index in [1.807, 2.05) is 0 Å². The number of nitrogen functional groups attached to an aromatic ring is 1. The van der Waals surface area contributed by atoms with Gasteiger partial charge in [0.15, 0.2) is 0 Å². The predicted molar refractivity (Wildman–Crippen MR) is 136 cm³/mol. The Morgan fingerprint density at radius 3 is 2.78 bits per heavy atom. The maximum Gasteiger partial charge on any atom is 0.305 e. The standard InChI is InChI=1S/C23H20ClN5O5S2/c24-15-3-2-14-6-22(35-19(14)7-15)36(33,34)28-10-16(8-21(31)32)29(20(30)11-28)9-13-1-4-17-18(5-13)26-12-27-23(17)25/h1-7,12,16H,8-11H2,(H,31,32)(H2,25,26,27). The molecule has 1 saturated heterocycles. The molecule has 0 aliphatic carbocycles. The minimum Gasteiger partial charge on any atom is -0.481 e. The zero-order chi connectivity index (χ0) is 25.6. The Kier molecular flexibility index (Phi) is 6.29. The molecular formula is C23H20ClN5O5S2. The lowest BCUT2D eigenvalue weighted by Gasteiger charge is -2.39. The molecular weight excluding hydrogens is 526 g/mol. The number of anilines is 1. The Labute approximate surface area is 215 Å². The maximum absolute atomic E-state index is 13.4. The molecule has 1 unspecified atom stereocenters. The van der Waals surface area contributed by atoms with Crippen molar-refractivity contribution < 1.29 is 23.1 Å². The number of hydrogen-bond donors (Lipinski definition) is 2. The van der Waals surface area contributed by atoms with Crippen molar-refractivity contribution in [2.24, 2.45) is 0 Å². The third-order valence-electron chi connectivity index (χ3n) is 6.04. The van der Waals surface area contributed by atoms with Gasteiger partial charge in [0.1, 0.15) is 16.4 Å². The van der Waals surface area contributed by atoms with Crippen molar-refractivity contribution in [2.45, 2.75) is 23.2 Å². The Morgan fingerprint density at radius 1 is 1.19 bits per heavy atom. The van der Waals surface area contributed by atoms with Crippen LogP contribution in [0.1, 0.15) is 12.0 Å². The molecule has 5 rings (SSSR count). The molecule has 2 aromatic heterocycles. The molecule has 1 amide bonds. The zero-order valence-electron chi connectivity index (χ0n) is 18.7. The Bertz CT molecular complexity index is 1620. The van der Waals surface area contributed by atoms with Crippen LogP contribution in [0.5, 0.6) is 0 Å². The number of aromatic nitrogens is 2. The number of fused-ring (bicyclic) bond motifs is 2. The van der Waals surface area contributed by atoms with Gasteiger partial charge in [0.2, 0.25) is 5.91 Å². The third-order valence-corrected chi connectivity index (χ3v) is 9.63. The van der Waals surface area contributed by atoms with Gasteiger partial charge in [-0.05, 0) is 41.3 Å². The van der Waals surface area contributed by atoms with Crippen LogP contribution in [-0.4, -0.2) is 63.7 Å². The molecule has 36 heavy (non-hydrogen) atoms. The van der Waals surface area contributed by atoms with Gasteiger partial charge in [-0.3, -0.25) is 9.59 Å². The summed E-state index contributed by atoms with van der Waals surface area (Å²) in [6.45, 7) is -0.430. The number of nitrogens with two attached hydrogens (primary N) is 1. The lowest BCUT2D eigenvalue weighted by molar-refractivity contribution is -0.144. The third kappa shape index (κ3) is 4.60. The minimum absolute atomic E-state index is 0.0712. The first kappa shape index (κ1) is 24.4. The quantitative estimate of drug-likeness (QED) is 0.376. The van der Waals surface area contributed by atoms with Crippen molar-refractivity contribution in [3.8, 4) is 0 Å². The summed E-state index contributed by atoms with van der Waals surface area (Å²) < 4.78 is 28.7. The van der Waals surface area contributed by atoms with Gasteiger partial charge in [0, 0.05) is 28.2 Å². The second-order valence-electron chi connectivity index (χ2n) is 8.43. The number of hydrogen-bond acceptors (Lipinski definition) is 8. The molecule has 0 bridgehead atoms. The summed E-state index contributed by atoms with van der Waals surface area (Å²) in [5.41, 5.74) is 7.18.